The molecule has 2 rings (SSSR count). The van der Waals surface area contributed by atoms with Crippen molar-refractivity contribution in [1.29, 1.82) is 0 Å². The number of non-ortho nitro benzene ring substituents is 1. The lowest BCUT2D eigenvalue weighted by atomic mass is 10.3. The Morgan fingerprint density at radius 1 is 1.24 bits per heavy atom. The number of nitro groups is 1. The molecule has 0 saturated heterocycles. The number of pyridine rings is 1. The van der Waals surface area contributed by atoms with Crippen molar-refractivity contribution in [1.82, 2.24) is 4.98 Å². The summed E-state index contributed by atoms with van der Waals surface area (Å²) in [6, 6.07) is 7.38. The van der Waals surface area contributed by atoms with Gasteiger partial charge in [0.1, 0.15) is 5.75 Å². The number of rotatable bonds is 3. The highest BCUT2D eigenvalue weighted by atomic mass is 16.6. The van der Waals surface area contributed by atoms with Crippen LogP contribution in [0.2, 0.25) is 0 Å². The number of hydrogen-bond acceptors (Lipinski definition) is 5. The average molecular weight is 231 g/mol. The fourth-order valence-corrected chi connectivity index (χ4v) is 1.25. The van der Waals surface area contributed by atoms with Crippen molar-refractivity contribution in [2.24, 2.45) is 0 Å². The normalized spacial score (nSPS) is 9.88. The maximum absolute atomic E-state index is 10.5. The van der Waals surface area contributed by atoms with Gasteiger partial charge in [-0.2, -0.15) is 0 Å². The molecule has 17 heavy (non-hydrogen) atoms. The smallest absolute Gasteiger partial charge is 0.269 e. The van der Waals surface area contributed by atoms with Gasteiger partial charge in [-0.15, -0.1) is 0 Å². The molecule has 1 heterocycles. The molecule has 0 spiro atoms. The number of benzene rings is 1. The van der Waals surface area contributed by atoms with E-state index in [1.807, 2.05) is 0 Å². The molecular formula is C11H9N3O3. The molecule has 1 aromatic heterocycles. The van der Waals surface area contributed by atoms with Gasteiger partial charge in [0.2, 0.25) is 0 Å². The Hall–Kier alpha value is -2.63. The highest BCUT2D eigenvalue weighted by molar-refractivity contribution is 5.51. The molecule has 6 heteroatoms. The van der Waals surface area contributed by atoms with E-state index in [0.29, 0.717) is 17.2 Å². The van der Waals surface area contributed by atoms with E-state index in [4.69, 9.17) is 10.5 Å². The molecule has 86 valence electrons. The molecule has 0 radical (unpaired) electrons. The van der Waals surface area contributed by atoms with Gasteiger partial charge in [-0.1, -0.05) is 0 Å². The minimum Gasteiger partial charge on any atom is -0.455 e. The highest BCUT2D eigenvalue weighted by Crippen LogP contribution is 2.27. The topological polar surface area (TPSA) is 91.3 Å². The third kappa shape index (κ3) is 2.49. The summed E-state index contributed by atoms with van der Waals surface area (Å²) in [4.78, 5) is 13.8. The number of anilines is 1. The Morgan fingerprint density at radius 2 is 1.94 bits per heavy atom. The first kappa shape index (κ1) is 10.9. The molecule has 1 aromatic carbocycles. The van der Waals surface area contributed by atoms with E-state index < -0.39 is 4.92 Å². The molecule has 0 bridgehead atoms. The lowest BCUT2D eigenvalue weighted by Gasteiger charge is -2.06. The van der Waals surface area contributed by atoms with E-state index in [9.17, 15) is 10.1 Å². The summed E-state index contributed by atoms with van der Waals surface area (Å²) < 4.78 is 5.46. The monoisotopic (exact) mass is 231 g/mol. The molecule has 6 nitrogen and oxygen atoms in total. The van der Waals surface area contributed by atoms with Gasteiger partial charge in [0.05, 0.1) is 16.8 Å². The van der Waals surface area contributed by atoms with Crippen LogP contribution in [0.4, 0.5) is 11.4 Å². The summed E-state index contributed by atoms with van der Waals surface area (Å²) >= 11 is 0. The maximum atomic E-state index is 10.5. The largest absolute Gasteiger partial charge is 0.455 e. The van der Waals surface area contributed by atoms with Crippen molar-refractivity contribution in [2.45, 2.75) is 0 Å². The Bertz CT molecular complexity index is 540. The van der Waals surface area contributed by atoms with Crippen LogP contribution >= 0.6 is 0 Å². The van der Waals surface area contributed by atoms with Gasteiger partial charge in [-0.25, -0.2) is 0 Å². The van der Waals surface area contributed by atoms with Gasteiger partial charge < -0.3 is 10.5 Å². The van der Waals surface area contributed by atoms with Gasteiger partial charge >= 0.3 is 0 Å². The van der Waals surface area contributed by atoms with Crippen LogP contribution in [0, 0.1) is 10.1 Å². The van der Waals surface area contributed by atoms with Crippen LogP contribution in [0.3, 0.4) is 0 Å². The second-order valence-corrected chi connectivity index (χ2v) is 3.27. The zero-order valence-electron chi connectivity index (χ0n) is 8.74. The standard InChI is InChI=1S/C11H9N3O3/c12-10-7-13-6-5-11(10)17-9-3-1-8(2-4-9)14(15)16/h1-7H,12H2. The van der Waals surface area contributed by atoms with E-state index in [-0.39, 0.29) is 5.69 Å². The lowest BCUT2D eigenvalue weighted by Crippen LogP contribution is -1.93. The van der Waals surface area contributed by atoms with Crippen molar-refractivity contribution in [2.75, 3.05) is 5.73 Å². The Kier molecular flexibility index (Phi) is 2.87. The minimum absolute atomic E-state index is 0.0139. The fourth-order valence-electron chi connectivity index (χ4n) is 1.25. The quantitative estimate of drug-likeness (QED) is 0.646. The molecule has 0 fully saturated rings. The summed E-state index contributed by atoms with van der Waals surface area (Å²) in [5, 5.41) is 10.5. The maximum Gasteiger partial charge on any atom is 0.269 e. The summed E-state index contributed by atoms with van der Waals surface area (Å²) in [5.74, 6) is 0.947. The SMILES string of the molecule is Nc1cnccc1Oc1ccc([N+](=O)[O-])cc1. The van der Waals surface area contributed by atoms with Crippen molar-refractivity contribution in [3.8, 4) is 11.5 Å². The molecule has 0 saturated carbocycles. The first-order valence-electron chi connectivity index (χ1n) is 4.78. The van der Waals surface area contributed by atoms with E-state index in [1.54, 1.807) is 12.3 Å². The summed E-state index contributed by atoms with van der Waals surface area (Å²) in [5.41, 5.74) is 6.07. The third-order valence-corrected chi connectivity index (χ3v) is 2.09. The van der Waals surface area contributed by atoms with Gasteiger partial charge in [0.25, 0.3) is 5.69 Å². The van der Waals surface area contributed by atoms with Gasteiger partial charge in [-0.3, -0.25) is 15.1 Å². The number of nitrogens with two attached hydrogens (primary N) is 1. The predicted molar refractivity (Wildman–Crippen MR) is 61.8 cm³/mol. The summed E-state index contributed by atoms with van der Waals surface area (Å²) in [6.07, 6.45) is 3.03. The first-order chi connectivity index (χ1) is 8.16. The zero-order valence-corrected chi connectivity index (χ0v) is 8.74. The van der Waals surface area contributed by atoms with Crippen LogP contribution in [0.15, 0.2) is 42.7 Å². The number of hydrogen-bond donors (Lipinski definition) is 1. The average Bonchev–Trinajstić information content (AvgIpc) is 2.33. The van der Waals surface area contributed by atoms with Crippen molar-refractivity contribution in [3.63, 3.8) is 0 Å². The van der Waals surface area contributed by atoms with Crippen molar-refractivity contribution >= 4 is 11.4 Å². The molecule has 0 aliphatic carbocycles. The number of nitrogens with zero attached hydrogens (tertiary/aromatic N) is 2. The summed E-state index contributed by atoms with van der Waals surface area (Å²) in [6.45, 7) is 0. The minimum atomic E-state index is -0.468. The molecule has 0 aliphatic rings. The molecule has 2 N–H and O–H groups in total. The van der Waals surface area contributed by atoms with Crippen LogP contribution in [0.1, 0.15) is 0 Å². The molecule has 2 aromatic rings. The van der Waals surface area contributed by atoms with Gasteiger partial charge in [-0.05, 0) is 12.1 Å². The van der Waals surface area contributed by atoms with Crippen LogP contribution in [0.25, 0.3) is 0 Å². The lowest BCUT2D eigenvalue weighted by molar-refractivity contribution is -0.384. The number of aromatic nitrogens is 1. The Balaban J connectivity index is 2.20. The number of nitrogen functional groups attached to an aromatic ring is 1. The second-order valence-electron chi connectivity index (χ2n) is 3.27. The highest BCUT2D eigenvalue weighted by Gasteiger charge is 2.06. The van der Waals surface area contributed by atoms with Crippen LogP contribution in [-0.2, 0) is 0 Å². The third-order valence-electron chi connectivity index (χ3n) is 2.09. The van der Waals surface area contributed by atoms with Gasteiger partial charge in [0.15, 0.2) is 5.75 Å². The number of nitro benzene ring substituents is 1. The predicted octanol–water partition coefficient (Wildman–Crippen LogP) is 2.36. The molecular weight excluding hydrogens is 222 g/mol. The van der Waals surface area contributed by atoms with E-state index in [2.05, 4.69) is 4.98 Å². The molecule has 0 atom stereocenters. The zero-order chi connectivity index (χ0) is 12.3. The molecule has 0 unspecified atom stereocenters. The van der Waals surface area contributed by atoms with E-state index >= 15 is 0 Å². The molecule has 0 aliphatic heterocycles. The second kappa shape index (κ2) is 4.48. The van der Waals surface area contributed by atoms with Crippen molar-refractivity contribution in [3.05, 3.63) is 52.8 Å². The van der Waals surface area contributed by atoms with Crippen LogP contribution in [0.5, 0.6) is 11.5 Å². The van der Waals surface area contributed by atoms with Crippen LogP contribution < -0.4 is 10.5 Å². The first-order valence-corrected chi connectivity index (χ1v) is 4.78. The fraction of sp³-hybridized carbons (Fsp3) is 0. The summed E-state index contributed by atoms with van der Waals surface area (Å²) in [7, 11) is 0. The van der Waals surface area contributed by atoms with Gasteiger partial charge in [0, 0.05) is 24.4 Å². The Morgan fingerprint density at radius 3 is 2.53 bits per heavy atom. The van der Waals surface area contributed by atoms with Crippen molar-refractivity contribution < 1.29 is 9.66 Å². The van der Waals surface area contributed by atoms with Crippen LogP contribution in [-0.4, -0.2) is 9.91 Å². The molecule has 0 amide bonds. The Labute approximate surface area is 96.8 Å². The van der Waals surface area contributed by atoms with E-state index in [1.165, 1.54) is 30.5 Å². The van der Waals surface area contributed by atoms with E-state index in [0.717, 1.165) is 0 Å². The number of ether oxygens (including phenoxy) is 1.